The molecule has 2 aliphatic carbocycles. The highest BCUT2D eigenvalue weighted by atomic mass is 16.1. The van der Waals surface area contributed by atoms with E-state index in [0.717, 1.165) is 36.4 Å². The molecule has 3 nitrogen and oxygen atoms in total. The van der Waals surface area contributed by atoms with Crippen LogP contribution in [0, 0.1) is 16.7 Å². The predicted octanol–water partition coefficient (Wildman–Crippen LogP) is 7.51. The van der Waals surface area contributed by atoms with E-state index >= 15 is 0 Å². The molecular weight excluding hydrogens is 464 g/mol. The van der Waals surface area contributed by atoms with Gasteiger partial charge in [-0.15, -0.1) is 0 Å². The molecule has 1 amide bonds. The standard InChI is InChI=1S/C35H46N2O/c1-34-21-12-6-11-19-31(34)20-22-35(34)23-27-37(28-24-35)26-14-3-2-13-25-36-33(38)32(29-15-7-4-8-16-29)30-17-9-5-10-18-30/h4-5,7-12,15-19,21,31-32H,2-3,6,13-14,20,22-28H2,1H3,(H,36,38). The van der Waals surface area contributed by atoms with Gasteiger partial charge in [-0.2, -0.15) is 0 Å². The van der Waals surface area contributed by atoms with Crippen molar-refractivity contribution in [1.82, 2.24) is 10.2 Å². The first kappa shape index (κ1) is 26.9. The molecule has 1 spiro atoms. The zero-order valence-electron chi connectivity index (χ0n) is 23.3. The van der Waals surface area contributed by atoms with E-state index in [1.165, 1.54) is 64.6 Å². The number of unbranched alkanes of at least 4 members (excludes halogenated alkanes) is 3. The number of carbonyl (C=O) groups is 1. The van der Waals surface area contributed by atoms with Gasteiger partial charge in [0.2, 0.25) is 5.91 Å². The Morgan fingerprint density at radius 3 is 2.24 bits per heavy atom. The highest BCUT2D eigenvalue weighted by molar-refractivity contribution is 5.87. The van der Waals surface area contributed by atoms with Gasteiger partial charge in [0.25, 0.3) is 0 Å². The Bertz CT molecular complexity index is 1040. The molecule has 2 atom stereocenters. The molecule has 1 saturated heterocycles. The average molecular weight is 511 g/mol. The number of amides is 1. The van der Waals surface area contributed by atoms with E-state index in [4.69, 9.17) is 0 Å². The van der Waals surface area contributed by atoms with Crippen LogP contribution in [0.2, 0.25) is 0 Å². The smallest absolute Gasteiger partial charge is 0.232 e. The first-order valence-electron chi connectivity index (χ1n) is 15.1. The summed E-state index contributed by atoms with van der Waals surface area (Å²) in [6.45, 7) is 7.05. The van der Waals surface area contributed by atoms with Crippen LogP contribution in [-0.4, -0.2) is 37.0 Å². The van der Waals surface area contributed by atoms with Gasteiger partial charge in [-0.05, 0) is 92.5 Å². The second-order valence-electron chi connectivity index (χ2n) is 12.1. The molecule has 2 unspecified atom stereocenters. The lowest BCUT2D eigenvalue weighted by Gasteiger charge is -2.49. The SMILES string of the molecule is CC12C=CCC=CC1CCC21CCN(CCCCCCNC(=O)C(c2ccccc2)c2ccccc2)CC1. The van der Waals surface area contributed by atoms with E-state index in [-0.39, 0.29) is 11.8 Å². The van der Waals surface area contributed by atoms with Crippen molar-refractivity contribution in [3.05, 3.63) is 96.1 Å². The fourth-order valence-electron chi connectivity index (χ4n) is 7.53. The number of carbonyl (C=O) groups excluding carboxylic acids is 1. The first-order chi connectivity index (χ1) is 18.6. The Morgan fingerprint density at radius 2 is 1.55 bits per heavy atom. The van der Waals surface area contributed by atoms with Gasteiger partial charge in [0.1, 0.15) is 0 Å². The molecule has 2 aromatic carbocycles. The van der Waals surface area contributed by atoms with E-state index in [1.807, 2.05) is 36.4 Å². The maximum atomic E-state index is 13.2. The van der Waals surface area contributed by atoms with Crippen LogP contribution in [0.4, 0.5) is 0 Å². The van der Waals surface area contributed by atoms with Gasteiger partial charge < -0.3 is 10.2 Å². The molecule has 2 aromatic rings. The van der Waals surface area contributed by atoms with Gasteiger partial charge in [0.15, 0.2) is 0 Å². The quantitative estimate of drug-likeness (QED) is 0.265. The number of allylic oxidation sites excluding steroid dienone is 4. The van der Waals surface area contributed by atoms with Crippen molar-refractivity contribution < 1.29 is 4.79 Å². The molecule has 1 aliphatic heterocycles. The van der Waals surface area contributed by atoms with E-state index in [2.05, 4.69) is 65.7 Å². The van der Waals surface area contributed by atoms with Crippen LogP contribution in [0.5, 0.6) is 0 Å². The molecule has 0 radical (unpaired) electrons. The van der Waals surface area contributed by atoms with Crippen LogP contribution >= 0.6 is 0 Å². The molecule has 1 saturated carbocycles. The maximum absolute atomic E-state index is 13.2. The van der Waals surface area contributed by atoms with Gasteiger partial charge in [-0.1, -0.05) is 105 Å². The summed E-state index contributed by atoms with van der Waals surface area (Å²) < 4.78 is 0. The molecule has 38 heavy (non-hydrogen) atoms. The number of nitrogens with zero attached hydrogens (tertiary/aromatic N) is 1. The van der Waals surface area contributed by atoms with Crippen molar-refractivity contribution in [2.75, 3.05) is 26.2 Å². The summed E-state index contributed by atoms with van der Waals surface area (Å²) in [5.41, 5.74) is 2.96. The maximum Gasteiger partial charge on any atom is 0.232 e. The first-order valence-corrected chi connectivity index (χ1v) is 15.1. The number of fused-ring (bicyclic) bond motifs is 2. The predicted molar refractivity (Wildman–Crippen MR) is 158 cm³/mol. The van der Waals surface area contributed by atoms with Gasteiger partial charge in [0, 0.05) is 6.54 Å². The normalized spacial score (nSPS) is 24.4. The van der Waals surface area contributed by atoms with Gasteiger partial charge >= 0.3 is 0 Å². The third-order valence-corrected chi connectivity index (χ3v) is 9.99. The fourth-order valence-corrected chi connectivity index (χ4v) is 7.53. The number of hydrogen-bond donors (Lipinski definition) is 1. The Labute approximate surface area is 230 Å². The van der Waals surface area contributed by atoms with E-state index in [9.17, 15) is 4.79 Å². The fraction of sp³-hybridized carbons (Fsp3) is 0.514. The third-order valence-electron chi connectivity index (χ3n) is 9.99. The number of hydrogen-bond acceptors (Lipinski definition) is 2. The summed E-state index contributed by atoms with van der Waals surface area (Å²) in [4.78, 5) is 15.9. The molecule has 0 bridgehead atoms. The Morgan fingerprint density at radius 1 is 0.895 bits per heavy atom. The summed E-state index contributed by atoms with van der Waals surface area (Å²) >= 11 is 0. The Kier molecular flexibility index (Phi) is 8.84. The van der Waals surface area contributed by atoms with Crippen LogP contribution in [0.3, 0.4) is 0 Å². The van der Waals surface area contributed by atoms with Gasteiger partial charge in [0.05, 0.1) is 5.92 Å². The topological polar surface area (TPSA) is 32.3 Å². The number of nitrogens with one attached hydrogen (secondary N) is 1. The van der Waals surface area contributed by atoms with Crippen molar-refractivity contribution in [2.45, 2.75) is 70.6 Å². The van der Waals surface area contributed by atoms with Gasteiger partial charge in [-0.25, -0.2) is 0 Å². The second kappa shape index (κ2) is 12.5. The van der Waals surface area contributed by atoms with Crippen LogP contribution in [0.25, 0.3) is 0 Å². The Balaban J connectivity index is 1.01. The highest BCUT2D eigenvalue weighted by Crippen LogP contribution is 2.62. The van der Waals surface area contributed by atoms with Crippen LogP contribution in [0.15, 0.2) is 85.0 Å². The second-order valence-corrected chi connectivity index (χ2v) is 12.1. The molecule has 202 valence electrons. The van der Waals surface area contributed by atoms with Crippen molar-refractivity contribution >= 4 is 5.91 Å². The Hall–Kier alpha value is -2.65. The lowest BCUT2D eigenvalue weighted by atomic mass is 9.59. The molecule has 1 N–H and O–H groups in total. The number of rotatable bonds is 10. The molecule has 1 heterocycles. The summed E-state index contributed by atoms with van der Waals surface area (Å²) in [6.07, 6.45) is 21.2. The van der Waals surface area contributed by atoms with E-state index in [0.29, 0.717) is 10.8 Å². The number of benzene rings is 2. The minimum atomic E-state index is -0.248. The van der Waals surface area contributed by atoms with Gasteiger partial charge in [-0.3, -0.25) is 4.79 Å². The van der Waals surface area contributed by atoms with Crippen molar-refractivity contribution in [1.29, 1.82) is 0 Å². The van der Waals surface area contributed by atoms with E-state index in [1.54, 1.807) is 0 Å². The van der Waals surface area contributed by atoms with Crippen LogP contribution in [-0.2, 0) is 4.79 Å². The lowest BCUT2D eigenvalue weighted by molar-refractivity contribution is -0.121. The van der Waals surface area contributed by atoms with Crippen LogP contribution in [0.1, 0.15) is 81.8 Å². The summed E-state index contributed by atoms with van der Waals surface area (Å²) in [5, 5.41) is 3.22. The zero-order chi connectivity index (χ0) is 26.3. The van der Waals surface area contributed by atoms with E-state index < -0.39 is 0 Å². The third kappa shape index (κ3) is 5.83. The highest BCUT2D eigenvalue weighted by Gasteiger charge is 2.55. The van der Waals surface area contributed by atoms with Crippen LogP contribution < -0.4 is 5.32 Å². The molecule has 0 aromatic heterocycles. The summed E-state index contributed by atoms with van der Waals surface area (Å²) in [7, 11) is 0. The monoisotopic (exact) mass is 510 g/mol. The minimum absolute atomic E-state index is 0.103. The van der Waals surface area contributed by atoms with Crippen molar-refractivity contribution in [3.63, 3.8) is 0 Å². The zero-order valence-corrected chi connectivity index (χ0v) is 23.3. The number of piperidine rings is 1. The summed E-state index contributed by atoms with van der Waals surface area (Å²) in [6, 6.07) is 20.3. The molecule has 2 fully saturated rings. The number of likely N-dealkylation sites (tertiary alicyclic amines) is 1. The van der Waals surface area contributed by atoms with Crippen molar-refractivity contribution in [3.8, 4) is 0 Å². The molecule has 5 rings (SSSR count). The molecule has 3 heteroatoms. The van der Waals surface area contributed by atoms with Crippen molar-refractivity contribution in [2.24, 2.45) is 16.7 Å². The lowest BCUT2D eigenvalue weighted by Crippen LogP contribution is -2.46. The molecular formula is C35H46N2O. The average Bonchev–Trinajstić information content (AvgIpc) is 3.07. The minimum Gasteiger partial charge on any atom is -0.355 e. The summed E-state index contributed by atoms with van der Waals surface area (Å²) in [5.74, 6) is 0.595. The largest absolute Gasteiger partial charge is 0.355 e. The molecule has 3 aliphatic rings.